The molecular formula is C20H25FO2. The summed E-state index contributed by atoms with van der Waals surface area (Å²) in [5.41, 5.74) is 1.49. The summed E-state index contributed by atoms with van der Waals surface area (Å²) in [6.45, 7) is 8.51. The van der Waals surface area contributed by atoms with Crippen molar-refractivity contribution in [3.8, 4) is 0 Å². The van der Waals surface area contributed by atoms with Crippen molar-refractivity contribution in [3.05, 3.63) is 35.7 Å². The number of rotatable bonds is 0. The molecular weight excluding hydrogens is 291 g/mol. The third-order valence-corrected chi connectivity index (χ3v) is 7.54. The van der Waals surface area contributed by atoms with E-state index in [1.165, 1.54) is 6.08 Å². The van der Waals surface area contributed by atoms with Crippen LogP contribution in [0.3, 0.4) is 0 Å². The summed E-state index contributed by atoms with van der Waals surface area (Å²) < 4.78 is 14.1. The highest BCUT2D eigenvalue weighted by atomic mass is 19.1. The average molecular weight is 316 g/mol. The van der Waals surface area contributed by atoms with E-state index >= 15 is 0 Å². The van der Waals surface area contributed by atoms with Gasteiger partial charge in [0, 0.05) is 5.41 Å². The third kappa shape index (κ3) is 1.86. The largest absolute Gasteiger partial charge is 0.393 e. The van der Waals surface area contributed by atoms with Gasteiger partial charge in [0.05, 0.1) is 6.10 Å². The number of halogens is 1. The molecule has 3 heteroatoms. The van der Waals surface area contributed by atoms with Crippen LogP contribution in [0, 0.1) is 28.6 Å². The molecule has 0 aromatic carbocycles. The van der Waals surface area contributed by atoms with E-state index in [0.717, 1.165) is 43.3 Å². The van der Waals surface area contributed by atoms with Gasteiger partial charge >= 0.3 is 0 Å². The fourth-order valence-electron chi connectivity index (χ4n) is 6.24. The van der Waals surface area contributed by atoms with E-state index in [-0.39, 0.29) is 11.5 Å². The number of hydrogen-bond acceptors (Lipinski definition) is 2. The second-order valence-electron chi connectivity index (χ2n) is 8.52. The highest BCUT2D eigenvalue weighted by Gasteiger charge is 2.59. The predicted octanol–water partition coefficient (Wildman–Crippen LogP) is 4.12. The first-order chi connectivity index (χ1) is 10.8. The van der Waals surface area contributed by atoms with E-state index in [4.69, 9.17) is 0 Å². The number of carbonyl (C=O) groups excluding carboxylic acids is 1. The zero-order valence-corrected chi connectivity index (χ0v) is 13.9. The maximum Gasteiger partial charge on any atom is 0.214 e. The maximum absolute atomic E-state index is 14.1. The minimum atomic E-state index is -0.621. The number of allylic oxidation sites excluding steroid dienone is 5. The number of aliphatic hydroxyl groups excluding tert-OH is 1. The normalized spacial score (nSPS) is 49.0. The van der Waals surface area contributed by atoms with Gasteiger partial charge < -0.3 is 5.11 Å². The molecule has 0 aliphatic heterocycles. The molecule has 0 amide bonds. The summed E-state index contributed by atoms with van der Waals surface area (Å²) in [7, 11) is 0. The highest BCUT2D eigenvalue weighted by molar-refractivity contribution is 6.04. The second-order valence-corrected chi connectivity index (χ2v) is 8.52. The van der Waals surface area contributed by atoms with E-state index in [1.54, 1.807) is 6.08 Å². The Balaban J connectivity index is 1.78. The minimum absolute atomic E-state index is 0.00817. The van der Waals surface area contributed by atoms with E-state index in [2.05, 4.69) is 20.4 Å². The van der Waals surface area contributed by atoms with Crippen molar-refractivity contribution in [3.63, 3.8) is 0 Å². The van der Waals surface area contributed by atoms with Crippen LogP contribution < -0.4 is 0 Å². The first-order valence-electron chi connectivity index (χ1n) is 8.78. The topological polar surface area (TPSA) is 37.3 Å². The summed E-state index contributed by atoms with van der Waals surface area (Å²) in [6, 6.07) is 0. The van der Waals surface area contributed by atoms with E-state index < -0.39 is 17.0 Å². The Morgan fingerprint density at radius 3 is 2.74 bits per heavy atom. The molecule has 4 aliphatic carbocycles. The van der Waals surface area contributed by atoms with Crippen molar-refractivity contribution in [2.45, 2.75) is 52.1 Å². The molecule has 3 fully saturated rings. The summed E-state index contributed by atoms with van der Waals surface area (Å²) in [6.07, 6.45) is 7.58. The Morgan fingerprint density at radius 1 is 1.26 bits per heavy atom. The van der Waals surface area contributed by atoms with Crippen molar-refractivity contribution < 1.29 is 14.3 Å². The fraction of sp³-hybridized carbons (Fsp3) is 0.650. The van der Waals surface area contributed by atoms with Crippen molar-refractivity contribution >= 4 is 5.78 Å². The molecule has 3 saturated carbocycles. The first kappa shape index (κ1) is 15.3. The summed E-state index contributed by atoms with van der Waals surface area (Å²) in [5.74, 6) is 0.0956. The molecule has 0 bridgehead atoms. The summed E-state index contributed by atoms with van der Waals surface area (Å²) in [5, 5.41) is 10.5. The summed E-state index contributed by atoms with van der Waals surface area (Å²) in [4.78, 5) is 11.8. The number of aliphatic hydroxyl groups is 1. The number of fused-ring (bicyclic) bond motifs is 5. The average Bonchev–Trinajstić information content (AvgIpc) is 2.78. The maximum atomic E-state index is 14.1. The van der Waals surface area contributed by atoms with Gasteiger partial charge in [-0.15, -0.1) is 0 Å². The van der Waals surface area contributed by atoms with E-state index in [9.17, 15) is 14.3 Å². The van der Waals surface area contributed by atoms with Gasteiger partial charge in [-0.2, -0.15) is 0 Å². The molecule has 124 valence electrons. The van der Waals surface area contributed by atoms with Gasteiger partial charge in [-0.1, -0.05) is 26.0 Å². The molecule has 4 rings (SSSR count). The van der Waals surface area contributed by atoms with Gasteiger partial charge in [-0.05, 0) is 73.0 Å². The third-order valence-electron chi connectivity index (χ3n) is 7.54. The number of ketones is 1. The van der Waals surface area contributed by atoms with Crippen LogP contribution in [0.15, 0.2) is 35.7 Å². The standard InChI is InChI=1S/C20H25FO2/c1-11-8-12-13-4-5-18(23)19(13,2)7-6-14(12)20(3)10-16(21)17(22)9-15(11)20/h9-10,12-14,18,23H,1,4-8H2,2-3H3/t12-,13-,14-,18-,19-,20+/m0/s1. The summed E-state index contributed by atoms with van der Waals surface area (Å²) >= 11 is 0. The molecule has 1 N–H and O–H groups in total. The zero-order chi connectivity index (χ0) is 16.6. The van der Waals surface area contributed by atoms with Crippen LogP contribution in [-0.2, 0) is 4.79 Å². The Labute approximate surface area is 137 Å². The van der Waals surface area contributed by atoms with Crippen LogP contribution in [-0.4, -0.2) is 17.0 Å². The molecule has 0 radical (unpaired) electrons. The van der Waals surface area contributed by atoms with Crippen LogP contribution >= 0.6 is 0 Å². The van der Waals surface area contributed by atoms with Crippen LogP contribution in [0.1, 0.15) is 46.0 Å². The smallest absolute Gasteiger partial charge is 0.214 e. The lowest BCUT2D eigenvalue weighted by atomic mass is 9.47. The second kappa shape index (κ2) is 4.66. The van der Waals surface area contributed by atoms with Crippen LogP contribution in [0.4, 0.5) is 4.39 Å². The Morgan fingerprint density at radius 2 is 2.00 bits per heavy atom. The van der Waals surface area contributed by atoms with Crippen LogP contribution in [0.25, 0.3) is 0 Å². The number of hydrogen-bond donors (Lipinski definition) is 1. The molecule has 0 saturated heterocycles. The minimum Gasteiger partial charge on any atom is -0.393 e. The lowest BCUT2D eigenvalue weighted by Crippen LogP contribution is -2.51. The lowest BCUT2D eigenvalue weighted by molar-refractivity contribution is -0.113. The van der Waals surface area contributed by atoms with Crippen LogP contribution in [0.2, 0.25) is 0 Å². The Kier molecular flexibility index (Phi) is 3.10. The van der Waals surface area contributed by atoms with Crippen LogP contribution in [0.5, 0.6) is 0 Å². The quantitative estimate of drug-likeness (QED) is 0.730. The molecule has 0 spiro atoms. The molecule has 23 heavy (non-hydrogen) atoms. The Hall–Kier alpha value is -1.22. The first-order valence-corrected chi connectivity index (χ1v) is 8.78. The van der Waals surface area contributed by atoms with Crippen molar-refractivity contribution in [1.29, 1.82) is 0 Å². The van der Waals surface area contributed by atoms with Crippen molar-refractivity contribution in [2.24, 2.45) is 28.6 Å². The lowest BCUT2D eigenvalue weighted by Gasteiger charge is -2.57. The van der Waals surface area contributed by atoms with Gasteiger partial charge in [0.25, 0.3) is 0 Å². The SMILES string of the molecule is C=C1C[C@H]2[C@@H]3CC[C@H](O)[C@@]3(C)CC[C@@H]2[C@@]2(C)C=C(F)C(=O)C=C12. The highest BCUT2D eigenvalue weighted by Crippen LogP contribution is 2.65. The monoisotopic (exact) mass is 316 g/mol. The molecule has 4 aliphatic rings. The number of carbonyl (C=O) groups is 1. The predicted molar refractivity (Wildman–Crippen MR) is 87.2 cm³/mol. The van der Waals surface area contributed by atoms with Gasteiger partial charge in [-0.25, -0.2) is 4.39 Å². The van der Waals surface area contributed by atoms with E-state index in [1.807, 2.05) is 0 Å². The zero-order valence-electron chi connectivity index (χ0n) is 13.9. The van der Waals surface area contributed by atoms with Crippen molar-refractivity contribution in [2.75, 3.05) is 0 Å². The van der Waals surface area contributed by atoms with Gasteiger partial charge in [0.15, 0.2) is 5.83 Å². The molecule has 0 aromatic heterocycles. The van der Waals surface area contributed by atoms with E-state index in [0.29, 0.717) is 17.8 Å². The van der Waals surface area contributed by atoms with Gasteiger partial charge in [0.2, 0.25) is 5.78 Å². The van der Waals surface area contributed by atoms with Gasteiger partial charge in [-0.3, -0.25) is 4.79 Å². The molecule has 0 unspecified atom stereocenters. The molecule has 2 nitrogen and oxygen atoms in total. The Bertz CT molecular complexity index is 661. The van der Waals surface area contributed by atoms with Crippen molar-refractivity contribution in [1.82, 2.24) is 0 Å². The molecule has 0 heterocycles. The van der Waals surface area contributed by atoms with Gasteiger partial charge in [0.1, 0.15) is 0 Å². The molecule has 6 atom stereocenters. The molecule has 0 aromatic rings. The fourth-order valence-corrected chi connectivity index (χ4v) is 6.24.